The fourth-order valence-corrected chi connectivity index (χ4v) is 4.52. The number of anilines is 1. The molecule has 0 saturated carbocycles. The highest BCUT2D eigenvalue weighted by molar-refractivity contribution is 7.14. The SMILES string of the molecule is c1ccc(C(c2ccccc2)[C@H]2CC[C@@H](Nc3cccs3)CN2)cc1. The van der Waals surface area contributed by atoms with Gasteiger partial charge in [0.05, 0.1) is 5.00 Å². The zero-order valence-corrected chi connectivity index (χ0v) is 15.1. The first-order chi connectivity index (χ1) is 12.4. The minimum absolute atomic E-state index is 0.407. The second-order valence-electron chi connectivity index (χ2n) is 6.71. The summed E-state index contributed by atoms with van der Waals surface area (Å²) in [7, 11) is 0. The van der Waals surface area contributed by atoms with Crippen molar-refractivity contribution in [1.82, 2.24) is 5.32 Å². The Bertz CT molecular complexity index is 708. The molecule has 2 heterocycles. The van der Waals surface area contributed by atoms with E-state index in [1.807, 2.05) is 0 Å². The molecule has 4 rings (SSSR count). The van der Waals surface area contributed by atoms with Gasteiger partial charge < -0.3 is 10.6 Å². The first kappa shape index (κ1) is 16.4. The molecule has 1 aromatic heterocycles. The molecule has 0 amide bonds. The number of piperidine rings is 1. The Kier molecular flexibility index (Phi) is 5.14. The van der Waals surface area contributed by atoms with E-state index < -0.39 is 0 Å². The molecule has 0 aliphatic carbocycles. The lowest BCUT2D eigenvalue weighted by molar-refractivity contribution is 0.353. The van der Waals surface area contributed by atoms with E-state index in [-0.39, 0.29) is 0 Å². The molecular formula is C22H24N2S. The molecule has 3 aromatic rings. The van der Waals surface area contributed by atoms with Crippen LogP contribution < -0.4 is 10.6 Å². The molecule has 1 aliphatic rings. The van der Waals surface area contributed by atoms with Crippen molar-refractivity contribution in [3.63, 3.8) is 0 Å². The molecule has 2 aromatic carbocycles. The number of hydrogen-bond donors (Lipinski definition) is 2. The van der Waals surface area contributed by atoms with Gasteiger partial charge in [-0.05, 0) is 41.5 Å². The maximum absolute atomic E-state index is 3.82. The summed E-state index contributed by atoms with van der Waals surface area (Å²) in [6.07, 6.45) is 2.38. The van der Waals surface area contributed by atoms with Crippen molar-refractivity contribution >= 4 is 16.3 Å². The molecule has 128 valence electrons. The molecule has 1 fully saturated rings. The summed E-state index contributed by atoms with van der Waals surface area (Å²) in [5.74, 6) is 0.407. The number of hydrogen-bond acceptors (Lipinski definition) is 3. The van der Waals surface area contributed by atoms with Crippen molar-refractivity contribution < 1.29 is 0 Å². The smallest absolute Gasteiger partial charge is 0.0885 e. The third-order valence-corrected chi connectivity index (χ3v) is 5.84. The van der Waals surface area contributed by atoms with E-state index in [1.54, 1.807) is 11.3 Å². The molecule has 2 N–H and O–H groups in total. The highest BCUT2D eigenvalue weighted by Gasteiger charge is 2.29. The first-order valence-electron chi connectivity index (χ1n) is 9.03. The van der Waals surface area contributed by atoms with E-state index in [0.717, 1.165) is 6.54 Å². The molecule has 1 saturated heterocycles. The number of rotatable bonds is 5. The van der Waals surface area contributed by atoms with Crippen LogP contribution in [0.2, 0.25) is 0 Å². The van der Waals surface area contributed by atoms with E-state index in [2.05, 4.69) is 88.8 Å². The summed E-state index contributed by atoms with van der Waals surface area (Å²) < 4.78 is 0. The van der Waals surface area contributed by atoms with Crippen molar-refractivity contribution in [3.05, 3.63) is 89.3 Å². The van der Waals surface area contributed by atoms with Gasteiger partial charge in [0.25, 0.3) is 0 Å². The second kappa shape index (κ2) is 7.85. The maximum Gasteiger partial charge on any atom is 0.0885 e. The molecule has 25 heavy (non-hydrogen) atoms. The molecule has 2 atom stereocenters. The summed E-state index contributed by atoms with van der Waals surface area (Å²) in [6.45, 7) is 1.01. The molecule has 0 spiro atoms. The lowest BCUT2D eigenvalue weighted by atomic mass is 9.81. The normalized spacial score (nSPS) is 20.5. The van der Waals surface area contributed by atoms with Crippen LogP contribution in [0.4, 0.5) is 5.00 Å². The average molecular weight is 349 g/mol. The third-order valence-electron chi connectivity index (χ3n) is 5.04. The third kappa shape index (κ3) is 3.94. The molecule has 0 bridgehead atoms. The van der Waals surface area contributed by atoms with Gasteiger partial charge in [0.15, 0.2) is 0 Å². The van der Waals surface area contributed by atoms with Gasteiger partial charge >= 0.3 is 0 Å². The largest absolute Gasteiger partial charge is 0.373 e. The van der Waals surface area contributed by atoms with Gasteiger partial charge in [0.2, 0.25) is 0 Å². The van der Waals surface area contributed by atoms with E-state index in [0.29, 0.717) is 18.0 Å². The van der Waals surface area contributed by atoms with Gasteiger partial charge in [-0.3, -0.25) is 0 Å². The summed E-state index contributed by atoms with van der Waals surface area (Å²) >= 11 is 1.78. The van der Waals surface area contributed by atoms with E-state index in [1.165, 1.54) is 29.0 Å². The highest BCUT2D eigenvalue weighted by Crippen LogP contribution is 2.32. The van der Waals surface area contributed by atoms with Crippen molar-refractivity contribution in [3.8, 4) is 0 Å². The second-order valence-corrected chi connectivity index (χ2v) is 7.66. The number of nitrogens with one attached hydrogen (secondary N) is 2. The molecule has 0 radical (unpaired) electrons. The minimum Gasteiger partial charge on any atom is -0.373 e. The van der Waals surface area contributed by atoms with Gasteiger partial charge in [-0.2, -0.15) is 0 Å². The fourth-order valence-electron chi connectivity index (χ4n) is 3.83. The molecule has 3 heteroatoms. The Morgan fingerprint density at radius 2 is 1.52 bits per heavy atom. The van der Waals surface area contributed by atoms with Crippen LogP contribution >= 0.6 is 11.3 Å². The first-order valence-corrected chi connectivity index (χ1v) is 9.91. The summed E-state index contributed by atoms with van der Waals surface area (Å²) in [6, 6.07) is 27.1. The Labute approximate surface area is 153 Å². The predicted molar refractivity (Wildman–Crippen MR) is 107 cm³/mol. The van der Waals surface area contributed by atoms with Gasteiger partial charge in [-0.25, -0.2) is 0 Å². The predicted octanol–water partition coefficient (Wildman–Crippen LogP) is 5.11. The standard InChI is InChI=1S/C22H24N2S/c1-3-8-17(9-4-1)22(18-10-5-2-6-11-18)20-14-13-19(16-23-20)24-21-12-7-15-25-21/h1-12,15,19-20,22-24H,13-14,16H2/t19-,20-/m1/s1. The number of thiophene rings is 1. The summed E-state index contributed by atoms with van der Waals surface area (Å²) in [5.41, 5.74) is 2.80. The van der Waals surface area contributed by atoms with Gasteiger partial charge in [0, 0.05) is 24.5 Å². The zero-order valence-electron chi connectivity index (χ0n) is 14.3. The fraction of sp³-hybridized carbons (Fsp3) is 0.273. The van der Waals surface area contributed by atoms with Crippen molar-refractivity contribution in [2.45, 2.75) is 30.8 Å². The highest BCUT2D eigenvalue weighted by atomic mass is 32.1. The van der Waals surface area contributed by atoms with E-state index in [4.69, 9.17) is 0 Å². The molecular weight excluding hydrogens is 324 g/mol. The van der Waals surface area contributed by atoms with E-state index >= 15 is 0 Å². The summed E-state index contributed by atoms with van der Waals surface area (Å²) in [5, 5.41) is 10.9. The van der Waals surface area contributed by atoms with Gasteiger partial charge in [-0.1, -0.05) is 60.7 Å². The molecule has 2 nitrogen and oxygen atoms in total. The van der Waals surface area contributed by atoms with Crippen LogP contribution in [0.25, 0.3) is 0 Å². The van der Waals surface area contributed by atoms with Crippen LogP contribution in [-0.2, 0) is 0 Å². The van der Waals surface area contributed by atoms with Gasteiger partial charge in [-0.15, -0.1) is 11.3 Å². The molecule has 0 unspecified atom stereocenters. The minimum atomic E-state index is 0.407. The maximum atomic E-state index is 3.82. The van der Waals surface area contributed by atoms with Crippen LogP contribution in [0.15, 0.2) is 78.2 Å². The Balaban J connectivity index is 1.49. The Morgan fingerprint density at radius 1 is 0.840 bits per heavy atom. The van der Waals surface area contributed by atoms with Crippen molar-refractivity contribution in [2.75, 3.05) is 11.9 Å². The average Bonchev–Trinajstić information content (AvgIpc) is 3.18. The van der Waals surface area contributed by atoms with Crippen LogP contribution in [-0.4, -0.2) is 18.6 Å². The van der Waals surface area contributed by atoms with Crippen LogP contribution in [0.1, 0.15) is 29.9 Å². The summed E-state index contributed by atoms with van der Waals surface area (Å²) in [4.78, 5) is 0. The van der Waals surface area contributed by atoms with Crippen LogP contribution in [0.3, 0.4) is 0 Å². The zero-order chi connectivity index (χ0) is 16.9. The monoisotopic (exact) mass is 348 g/mol. The lowest BCUT2D eigenvalue weighted by Crippen LogP contribution is -2.47. The topological polar surface area (TPSA) is 24.1 Å². The lowest BCUT2D eigenvalue weighted by Gasteiger charge is -2.36. The molecule has 1 aliphatic heterocycles. The number of benzene rings is 2. The Hall–Kier alpha value is -2.10. The van der Waals surface area contributed by atoms with Crippen LogP contribution in [0.5, 0.6) is 0 Å². The quantitative estimate of drug-likeness (QED) is 0.669. The van der Waals surface area contributed by atoms with E-state index in [9.17, 15) is 0 Å². The van der Waals surface area contributed by atoms with Gasteiger partial charge in [0.1, 0.15) is 0 Å². The van der Waals surface area contributed by atoms with Crippen molar-refractivity contribution in [1.29, 1.82) is 0 Å². The Morgan fingerprint density at radius 3 is 2.04 bits per heavy atom. The van der Waals surface area contributed by atoms with Crippen LogP contribution in [0, 0.1) is 0 Å². The van der Waals surface area contributed by atoms with Crippen molar-refractivity contribution in [2.24, 2.45) is 0 Å².